The van der Waals surface area contributed by atoms with Gasteiger partial charge in [-0.15, -0.1) is 0 Å². The van der Waals surface area contributed by atoms with E-state index in [4.69, 9.17) is 4.74 Å². The molecule has 2 aliphatic heterocycles. The van der Waals surface area contributed by atoms with Gasteiger partial charge in [0.25, 0.3) is 0 Å². The molecule has 5 nitrogen and oxygen atoms in total. The van der Waals surface area contributed by atoms with Crippen LogP contribution < -0.4 is 10.1 Å². The van der Waals surface area contributed by atoms with Gasteiger partial charge in [0.05, 0.1) is 19.5 Å². The van der Waals surface area contributed by atoms with Gasteiger partial charge in [0.2, 0.25) is 5.95 Å². The molecule has 0 spiro atoms. The molecule has 2 unspecified atom stereocenters. The molecular weight excluding hydrogens is 228 g/mol. The van der Waals surface area contributed by atoms with Crippen LogP contribution in [0, 0.1) is 0 Å². The quantitative estimate of drug-likeness (QED) is 0.879. The highest BCUT2D eigenvalue weighted by Crippen LogP contribution is 2.28. The molecule has 3 heterocycles. The average Bonchev–Trinajstić information content (AvgIpc) is 2.83. The first-order valence-electron chi connectivity index (χ1n) is 6.73. The molecule has 2 atom stereocenters. The van der Waals surface area contributed by atoms with E-state index in [1.54, 1.807) is 19.5 Å². The standard InChI is InChI=1S/C13H20N4O/c1-18-10-8-14-13(15-9-10)16-11-5-7-17-6-3-2-4-12(11)17/h8-9,11-12H,2-7H2,1H3,(H,14,15,16). The van der Waals surface area contributed by atoms with Crippen molar-refractivity contribution in [2.75, 3.05) is 25.5 Å². The summed E-state index contributed by atoms with van der Waals surface area (Å²) in [5, 5.41) is 3.47. The lowest BCUT2D eigenvalue weighted by Crippen LogP contribution is -2.41. The van der Waals surface area contributed by atoms with E-state index >= 15 is 0 Å². The van der Waals surface area contributed by atoms with Crippen molar-refractivity contribution in [2.24, 2.45) is 0 Å². The van der Waals surface area contributed by atoms with Crippen molar-refractivity contribution < 1.29 is 4.74 Å². The molecule has 18 heavy (non-hydrogen) atoms. The molecule has 2 fully saturated rings. The largest absolute Gasteiger partial charge is 0.494 e. The number of hydrogen-bond acceptors (Lipinski definition) is 5. The highest BCUT2D eigenvalue weighted by Gasteiger charge is 2.35. The summed E-state index contributed by atoms with van der Waals surface area (Å²) in [4.78, 5) is 11.2. The van der Waals surface area contributed by atoms with Gasteiger partial charge in [-0.3, -0.25) is 4.90 Å². The van der Waals surface area contributed by atoms with Crippen LogP contribution in [-0.2, 0) is 0 Å². The third-order valence-corrected chi connectivity index (χ3v) is 4.03. The van der Waals surface area contributed by atoms with Gasteiger partial charge in [0.15, 0.2) is 5.75 Å². The first-order valence-corrected chi connectivity index (χ1v) is 6.73. The molecule has 0 aromatic carbocycles. The lowest BCUT2D eigenvalue weighted by Gasteiger charge is -2.32. The summed E-state index contributed by atoms with van der Waals surface area (Å²) < 4.78 is 5.06. The summed E-state index contributed by atoms with van der Waals surface area (Å²) in [5.74, 6) is 1.42. The second-order valence-corrected chi connectivity index (χ2v) is 5.09. The maximum Gasteiger partial charge on any atom is 0.223 e. The molecule has 0 amide bonds. The van der Waals surface area contributed by atoms with Crippen LogP contribution in [0.5, 0.6) is 5.75 Å². The van der Waals surface area contributed by atoms with Crippen molar-refractivity contribution in [1.29, 1.82) is 0 Å². The number of piperidine rings is 1. The SMILES string of the molecule is COc1cnc(NC2CCN3CCCCC23)nc1. The van der Waals surface area contributed by atoms with E-state index in [2.05, 4.69) is 20.2 Å². The van der Waals surface area contributed by atoms with E-state index < -0.39 is 0 Å². The molecule has 98 valence electrons. The average molecular weight is 248 g/mol. The van der Waals surface area contributed by atoms with Crippen molar-refractivity contribution in [1.82, 2.24) is 14.9 Å². The highest BCUT2D eigenvalue weighted by molar-refractivity contribution is 5.29. The lowest BCUT2D eigenvalue weighted by atomic mass is 9.99. The number of ether oxygens (including phenoxy) is 1. The smallest absolute Gasteiger partial charge is 0.223 e. The Bertz CT molecular complexity index is 394. The van der Waals surface area contributed by atoms with Gasteiger partial charge >= 0.3 is 0 Å². The molecular formula is C13H20N4O. The number of anilines is 1. The number of nitrogens with one attached hydrogen (secondary N) is 1. The Morgan fingerprint density at radius 3 is 2.83 bits per heavy atom. The summed E-state index contributed by atoms with van der Waals surface area (Å²) in [7, 11) is 1.63. The summed E-state index contributed by atoms with van der Waals surface area (Å²) in [5.41, 5.74) is 0. The van der Waals surface area contributed by atoms with E-state index in [0.29, 0.717) is 23.8 Å². The maximum atomic E-state index is 5.06. The monoisotopic (exact) mass is 248 g/mol. The zero-order valence-electron chi connectivity index (χ0n) is 10.8. The van der Waals surface area contributed by atoms with Gasteiger partial charge in [0, 0.05) is 18.6 Å². The number of nitrogens with zero attached hydrogens (tertiary/aromatic N) is 3. The first kappa shape index (κ1) is 11.7. The van der Waals surface area contributed by atoms with E-state index in [0.717, 1.165) is 0 Å². The second-order valence-electron chi connectivity index (χ2n) is 5.09. The van der Waals surface area contributed by atoms with Crippen molar-refractivity contribution in [2.45, 2.75) is 37.8 Å². The number of rotatable bonds is 3. The van der Waals surface area contributed by atoms with Crippen LogP contribution in [0.1, 0.15) is 25.7 Å². The van der Waals surface area contributed by atoms with Crippen molar-refractivity contribution >= 4 is 5.95 Å². The van der Waals surface area contributed by atoms with Crippen molar-refractivity contribution in [3.8, 4) is 5.75 Å². The van der Waals surface area contributed by atoms with E-state index in [1.807, 2.05) is 0 Å². The molecule has 0 bridgehead atoms. The van der Waals surface area contributed by atoms with Crippen LogP contribution in [0.25, 0.3) is 0 Å². The van der Waals surface area contributed by atoms with Crippen LogP contribution in [0.2, 0.25) is 0 Å². The van der Waals surface area contributed by atoms with E-state index in [1.165, 1.54) is 38.8 Å². The lowest BCUT2D eigenvalue weighted by molar-refractivity contribution is 0.192. The molecule has 1 aromatic rings. The number of methoxy groups -OCH3 is 1. The Morgan fingerprint density at radius 2 is 2.06 bits per heavy atom. The zero-order chi connectivity index (χ0) is 12.4. The van der Waals surface area contributed by atoms with Gasteiger partial charge in [-0.1, -0.05) is 6.42 Å². The van der Waals surface area contributed by atoms with Gasteiger partial charge < -0.3 is 10.1 Å². The second kappa shape index (κ2) is 5.10. The number of aromatic nitrogens is 2. The minimum Gasteiger partial charge on any atom is -0.494 e. The van der Waals surface area contributed by atoms with Gasteiger partial charge in [-0.05, 0) is 25.8 Å². The summed E-state index contributed by atoms with van der Waals surface area (Å²) in [6.07, 6.45) is 8.62. The Balaban J connectivity index is 1.65. The molecule has 1 aromatic heterocycles. The fourth-order valence-electron chi connectivity index (χ4n) is 3.08. The Morgan fingerprint density at radius 1 is 1.22 bits per heavy atom. The van der Waals surface area contributed by atoms with Crippen LogP contribution in [-0.4, -0.2) is 47.2 Å². The topological polar surface area (TPSA) is 50.3 Å². The minimum absolute atomic E-state index is 0.499. The van der Waals surface area contributed by atoms with E-state index in [-0.39, 0.29) is 0 Å². The third-order valence-electron chi connectivity index (χ3n) is 4.03. The zero-order valence-corrected chi connectivity index (χ0v) is 10.8. The van der Waals surface area contributed by atoms with Crippen LogP contribution in [0.15, 0.2) is 12.4 Å². The van der Waals surface area contributed by atoms with Crippen molar-refractivity contribution in [3.05, 3.63) is 12.4 Å². The van der Waals surface area contributed by atoms with E-state index in [9.17, 15) is 0 Å². The predicted molar refractivity (Wildman–Crippen MR) is 69.8 cm³/mol. The molecule has 2 saturated heterocycles. The first-order chi connectivity index (χ1) is 8.86. The van der Waals surface area contributed by atoms with Gasteiger partial charge in [-0.2, -0.15) is 0 Å². The maximum absolute atomic E-state index is 5.06. The van der Waals surface area contributed by atoms with Gasteiger partial charge in [-0.25, -0.2) is 9.97 Å². The molecule has 1 N–H and O–H groups in total. The van der Waals surface area contributed by atoms with Crippen LogP contribution >= 0.6 is 0 Å². The summed E-state index contributed by atoms with van der Waals surface area (Å²) in [6.45, 7) is 2.46. The minimum atomic E-state index is 0.499. The third kappa shape index (κ3) is 2.27. The summed E-state index contributed by atoms with van der Waals surface area (Å²) >= 11 is 0. The molecule has 5 heteroatoms. The molecule has 3 rings (SSSR count). The Labute approximate surface area is 108 Å². The molecule has 0 radical (unpaired) electrons. The molecule has 2 aliphatic rings. The number of fused-ring (bicyclic) bond motifs is 1. The Hall–Kier alpha value is -1.36. The fraction of sp³-hybridized carbons (Fsp3) is 0.692. The highest BCUT2D eigenvalue weighted by atomic mass is 16.5. The summed E-state index contributed by atoms with van der Waals surface area (Å²) in [6, 6.07) is 1.17. The normalized spacial score (nSPS) is 27.8. The van der Waals surface area contributed by atoms with Crippen LogP contribution in [0.4, 0.5) is 5.95 Å². The fourth-order valence-corrected chi connectivity index (χ4v) is 3.08. The number of hydrogen-bond donors (Lipinski definition) is 1. The van der Waals surface area contributed by atoms with Crippen molar-refractivity contribution in [3.63, 3.8) is 0 Å². The van der Waals surface area contributed by atoms with Gasteiger partial charge in [0.1, 0.15) is 0 Å². The Kier molecular flexibility index (Phi) is 3.32. The van der Waals surface area contributed by atoms with Crippen LogP contribution in [0.3, 0.4) is 0 Å². The predicted octanol–water partition coefficient (Wildman–Crippen LogP) is 1.52. The molecule has 0 saturated carbocycles. The molecule has 0 aliphatic carbocycles.